The summed E-state index contributed by atoms with van der Waals surface area (Å²) in [5, 5.41) is 11.5. The van der Waals surface area contributed by atoms with Crippen LogP contribution in [0.2, 0.25) is 10.0 Å². The van der Waals surface area contributed by atoms with E-state index >= 15 is 0 Å². The van der Waals surface area contributed by atoms with E-state index < -0.39 is 5.41 Å². The minimum atomic E-state index is -0.470. The van der Waals surface area contributed by atoms with Crippen LogP contribution in [0.1, 0.15) is 63.0 Å². The third kappa shape index (κ3) is 6.26. The first kappa shape index (κ1) is 24.1. The monoisotopic (exact) mass is 456 g/mol. The molecule has 0 saturated heterocycles. The molecule has 2 aromatic rings. The highest BCUT2D eigenvalue weighted by Gasteiger charge is 2.42. The van der Waals surface area contributed by atoms with E-state index in [0.29, 0.717) is 16.0 Å². The highest BCUT2D eigenvalue weighted by atomic mass is 35.5. The smallest absolute Gasteiger partial charge is 0.0851 e. The van der Waals surface area contributed by atoms with Gasteiger partial charge in [-0.15, -0.1) is 0 Å². The molecule has 1 aliphatic carbocycles. The highest BCUT2D eigenvalue weighted by molar-refractivity contribution is 6.42. The Morgan fingerprint density at radius 3 is 2.39 bits per heavy atom. The number of benzene rings is 2. The number of nitriles is 1. The van der Waals surface area contributed by atoms with Crippen molar-refractivity contribution in [2.45, 2.75) is 63.7 Å². The van der Waals surface area contributed by atoms with Gasteiger partial charge in [0.25, 0.3) is 0 Å². The molecule has 166 valence electrons. The lowest BCUT2D eigenvalue weighted by Gasteiger charge is -2.34. The normalized spacial score (nSPS) is 16.4. The first-order valence-corrected chi connectivity index (χ1v) is 12.5. The Hall–Kier alpha value is -1.53. The van der Waals surface area contributed by atoms with Gasteiger partial charge in [0.05, 0.1) is 21.5 Å². The van der Waals surface area contributed by atoms with E-state index in [0.717, 1.165) is 63.7 Å². The van der Waals surface area contributed by atoms with E-state index in [1.165, 1.54) is 18.4 Å². The van der Waals surface area contributed by atoms with Gasteiger partial charge in [-0.3, -0.25) is 0 Å². The summed E-state index contributed by atoms with van der Waals surface area (Å²) in [7, 11) is 0. The largest absolute Gasteiger partial charge is 0.303 e. The zero-order valence-corrected chi connectivity index (χ0v) is 20.1. The maximum absolute atomic E-state index is 10.4. The van der Waals surface area contributed by atoms with Crippen LogP contribution in [0.5, 0.6) is 0 Å². The zero-order valence-electron chi connectivity index (χ0n) is 18.6. The summed E-state index contributed by atoms with van der Waals surface area (Å²) in [6.45, 7) is 5.43. The molecule has 3 rings (SSSR count). The van der Waals surface area contributed by atoms with E-state index in [4.69, 9.17) is 23.2 Å². The molecule has 0 radical (unpaired) electrons. The molecule has 2 nitrogen and oxygen atoms in total. The van der Waals surface area contributed by atoms with Crippen molar-refractivity contribution in [3.8, 4) is 6.07 Å². The fourth-order valence-electron chi connectivity index (χ4n) is 5.15. The highest BCUT2D eigenvalue weighted by Crippen LogP contribution is 2.46. The van der Waals surface area contributed by atoms with E-state index in [-0.39, 0.29) is 0 Å². The molecule has 0 spiro atoms. The quantitative estimate of drug-likeness (QED) is 0.346. The first-order chi connectivity index (χ1) is 15.1. The molecule has 31 heavy (non-hydrogen) atoms. The molecule has 1 fully saturated rings. The van der Waals surface area contributed by atoms with Crippen molar-refractivity contribution < 1.29 is 0 Å². The summed E-state index contributed by atoms with van der Waals surface area (Å²) in [5.74, 6) is 0.402. The number of nitrogens with zero attached hydrogens (tertiary/aromatic N) is 2. The van der Waals surface area contributed by atoms with Crippen molar-refractivity contribution in [1.82, 2.24) is 4.90 Å². The zero-order chi connectivity index (χ0) is 22.1. The second-order valence-electron chi connectivity index (χ2n) is 8.87. The summed E-state index contributed by atoms with van der Waals surface area (Å²) >= 11 is 12.5. The van der Waals surface area contributed by atoms with E-state index in [1.54, 1.807) is 0 Å². The van der Waals surface area contributed by atoms with Crippen LogP contribution in [-0.2, 0) is 11.8 Å². The fraction of sp³-hybridized carbons (Fsp3) is 0.519. The van der Waals surface area contributed by atoms with Gasteiger partial charge in [-0.05, 0) is 80.8 Å². The number of halogens is 2. The fourth-order valence-corrected chi connectivity index (χ4v) is 5.45. The topological polar surface area (TPSA) is 27.0 Å². The standard InChI is InChI=1S/C27H34Cl2N2/c1-2-17-31(19-15-22-9-4-3-5-10-22)18-8-16-27(21-30,23-11-6-7-12-23)24-13-14-25(28)26(29)20-24/h3-5,9-10,13-14,20,23H,2,6-8,11-12,15-19H2,1H3. The third-order valence-electron chi connectivity index (χ3n) is 6.83. The molecule has 1 saturated carbocycles. The summed E-state index contributed by atoms with van der Waals surface area (Å²) in [6.07, 6.45) is 8.79. The van der Waals surface area contributed by atoms with Crippen LogP contribution < -0.4 is 0 Å². The summed E-state index contributed by atoms with van der Waals surface area (Å²) in [5.41, 5.74) is 1.96. The maximum atomic E-state index is 10.4. The van der Waals surface area contributed by atoms with Crippen LogP contribution in [0.15, 0.2) is 48.5 Å². The third-order valence-corrected chi connectivity index (χ3v) is 7.57. The van der Waals surface area contributed by atoms with Crippen LogP contribution in [0.3, 0.4) is 0 Å². The Bertz CT molecular complexity index is 855. The van der Waals surface area contributed by atoms with Gasteiger partial charge < -0.3 is 4.90 Å². The molecule has 4 heteroatoms. The molecule has 0 N–H and O–H groups in total. The van der Waals surface area contributed by atoms with Crippen LogP contribution >= 0.6 is 23.2 Å². The van der Waals surface area contributed by atoms with Crippen molar-refractivity contribution >= 4 is 23.2 Å². The van der Waals surface area contributed by atoms with Crippen molar-refractivity contribution in [2.24, 2.45) is 5.92 Å². The lowest BCUT2D eigenvalue weighted by molar-refractivity contribution is 0.247. The predicted molar refractivity (Wildman–Crippen MR) is 132 cm³/mol. The summed E-state index contributed by atoms with van der Waals surface area (Å²) < 4.78 is 0. The molecule has 1 atom stereocenters. The van der Waals surface area contributed by atoms with Crippen molar-refractivity contribution in [3.05, 3.63) is 69.7 Å². The van der Waals surface area contributed by atoms with Crippen molar-refractivity contribution in [2.75, 3.05) is 19.6 Å². The van der Waals surface area contributed by atoms with Gasteiger partial charge in [-0.1, -0.05) is 79.4 Å². The average molecular weight is 457 g/mol. The van der Waals surface area contributed by atoms with Crippen molar-refractivity contribution in [3.63, 3.8) is 0 Å². The molecular formula is C27H34Cl2N2. The van der Waals surface area contributed by atoms with Crippen LogP contribution in [0.4, 0.5) is 0 Å². The number of hydrogen-bond donors (Lipinski definition) is 0. The van der Waals surface area contributed by atoms with Crippen LogP contribution in [0.25, 0.3) is 0 Å². The molecule has 2 aromatic carbocycles. The van der Waals surface area contributed by atoms with E-state index in [2.05, 4.69) is 48.2 Å². The Morgan fingerprint density at radius 2 is 1.74 bits per heavy atom. The van der Waals surface area contributed by atoms with Gasteiger partial charge in [0.2, 0.25) is 0 Å². The van der Waals surface area contributed by atoms with E-state index in [9.17, 15) is 5.26 Å². The SMILES string of the molecule is CCCN(CCCC(C#N)(c1ccc(Cl)c(Cl)c1)C1CCCC1)CCc1ccccc1. The van der Waals surface area contributed by atoms with Gasteiger partial charge in [0.15, 0.2) is 0 Å². The molecule has 1 aliphatic rings. The minimum Gasteiger partial charge on any atom is -0.303 e. The lowest BCUT2D eigenvalue weighted by atomic mass is 9.67. The maximum Gasteiger partial charge on any atom is 0.0851 e. The summed E-state index contributed by atoms with van der Waals surface area (Å²) in [4.78, 5) is 2.55. The number of hydrogen-bond acceptors (Lipinski definition) is 2. The minimum absolute atomic E-state index is 0.402. The Morgan fingerprint density at radius 1 is 1.00 bits per heavy atom. The first-order valence-electron chi connectivity index (χ1n) is 11.7. The lowest BCUT2D eigenvalue weighted by Crippen LogP contribution is -2.35. The van der Waals surface area contributed by atoms with Gasteiger partial charge in [0, 0.05) is 6.54 Å². The molecule has 0 aromatic heterocycles. The van der Waals surface area contributed by atoms with Gasteiger partial charge in [0.1, 0.15) is 0 Å². The molecule has 1 unspecified atom stereocenters. The van der Waals surface area contributed by atoms with Crippen molar-refractivity contribution in [1.29, 1.82) is 5.26 Å². The Labute approximate surface area is 198 Å². The van der Waals surface area contributed by atoms with Gasteiger partial charge in [-0.25, -0.2) is 0 Å². The van der Waals surface area contributed by atoms with Crippen LogP contribution in [-0.4, -0.2) is 24.5 Å². The second-order valence-corrected chi connectivity index (χ2v) is 9.69. The van der Waals surface area contributed by atoms with Gasteiger partial charge in [-0.2, -0.15) is 5.26 Å². The van der Waals surface area contributed by atoms with Gasteiger partial charge >= 0.3 is 0 Å². The predicted octanol–water partition coefficient (Wildman–Crippen LogP) is 7.68. The van der Waals surface area contributed by atoms with Crippen LogP contribution in [0, 0.1) is 17.2 Å². The Balaban J connectivity index is 1.70. The summed E-state index contributed by atoms with van der Waals surface area (Å²) in [6, 6.07) is 19.3. The molecule has 0 amide bonds. The average Bonchev–Trinajstić information content (AvgIpc) is 3.33. The second kappa shape index (κ2) is 11.9. The number of rotatable bonds is 11. The molecular weight excluding hydrogens is 423 g/mol. The molecule has 0 aliphatic heterocycles. The van der Waals surface area contributed by atoms with E-state index in [1.807, 2.05) is 18.2 Å². The molecule has 0 heterocycles. The molecule has 0 bridgehead atoms. The Kier molecular flexibility index (Phi) is 9.27.